The molecule has 0 saturated heterocycles. The first-order valence-electron chi connectivity index (χ1n) is 4.96. The van der Waals surface area contributed by atoms with Gasteiger partial charge < -0.3 is 26.8 Å². The van der Waals surface area contributed by atoms with Crippen molar-refractivity contribution in [2.45, 2.75) is 0 Å². The van der Waals surface area contributed by atoms with Gasteiger partial charge in [0.1, 0.15) is 5.69 Å². The fourth-order valence-corrected chi connectivity index (χ4v) is 3.33. The number of anilines is 2. The summed E-state index contributed by atoms with van der Waals surface area (Å²) in [6.07, 6.45) is 0. The molecule has 1 aliphatic heterocycles. The van der Waals surface area contributed by atoms with E-state index in [1.54, 1.807) is 28.7 Å². The van der Waals surface area contributed by atoms with E-state index in [0.29, 0.717) is 41.0 Å². The summed E-state index contributed by atoms with van der Waals surface area (Å²) in [7, 11) is -0.0991. The number of hydrogen-bond donors (Lipinski definition) is 4. The van der Waals surface area contributed by atoms with Crippen LogP contribution in [0.3, 0.4) is 0 Å². The fraction of sp³-hybridized carbons (Fsp3) is 0.222. The molecule has 2 unspecified atom stereocenters. The average molecular weight is 366 g/mol. The first-order valence-corrected chi connectivity index (χ1v) is 7.12. The van der Waals surface area contributed by atoms with Gasteiger partial charge in [-0.05, 0) is 14.8 Å². The molecule has 2 atom stereocenters. The first-order chi connectivity index (χ1) is 8.06. The Kier molecular flexibility index (Phi) is 3.84. The number of nitrogens with one attached hydrogen (secondary N) is 2. The third-order valence-electron chi connectivity index (χ3n) is 2.65. The van der Waals surface area contributed by atoms with Crippen LogP contribution in [0.2, 0.25) is 0 Å². The van der Waals surface area contributed by atoms with E-state index in [9.17, 15) is 10.0 Å². The minimum absolute atomic E-state index is 0.00194. The maximum atomic E-state index is 11.9. The molecule has 0 radical (unpaired) electrons. The Morgan fingerprint density at radius 2 is 2.35 bits per heavy atom. The molecule has 0 aromatic heterocycles. The zero-order chi connectivity index (χ0) is 12.6. The van der Waals surface area contributed by atoms with E-state index < -0.39 is 0 Å². The average Bonchev–Trinajstić information content (AvgIpc) is 2.29. The summed E-state index contributed by atoms with van der Waals surface area (Å²) >= 11 is 1.68. The van der Waals surface area contributed by atoms with Gasteiger partial charge in [-0.2, -0.15) is 0 Å². The summed E-state index contributed by atoms with van der Waals surface area (Å²) in [6, 6.07) is 1.59. The first kappa shape index (κ1) is 13.0. The summed E-state index contributed by atoms with van der Waals surface area (Å²) in [6.45, 7) is 0.976. The van der Waals surface area contributed by atoms with Gasteiger partial charge in [-0.25, -0.2) is 0 Å². The highest BCUT2D eigenvalue weighted by Gasteiger charge is 2.26. The van der Waals surface area contributed by atoms with Crippen molar-refractivity contribution in [2.24, 2.45) is 5.50 Å². The van der Waals surface area contributed by atoms with Crippen molar-refractivity contribution in [1.82, 2.24) is 0 Å². The van der Waals surface area contributed by atoms with E-state index in [1.807, 2.05) is 0 Å². The van der Waals surface area contributed by atoms with Crippen LogP contribution in [-0.4, -0.2) is 16.9 Å². The minimum Gasteiger partial charge on any atom is -0.629 e. The third-order valence-corrected chi connectivity index (χ3v) is 4.04. The number of quaternary nitrogens is 1. The zero-order valence-corrected chi connectivity index (χ0v) is 12.0. The van der Waals surface area contributed by atoms with Gasteiger partial charge in [0.15, 0.2) is 5.69 Å². The molecule has 1 heterocycles. The molecule has 0 spiro atoms. The van der Waals surface area contributed by atoms with Gasteiger partial charge in [0.2, 0.25) is 3.79 Å². The lowest BCUT2D eigenvalue weighted by Crippen LogP contribution is -3.04. The second-order valence-electron chi connectivity index (χ2n) is 3.66. The topological polar surface area (TPSA) is 109 Å². The summed E-state index contributed by atoms with van der Waals surface area (Å²) in [5.41, 5.74) is 13.5. The number of benzene rings is 1. The molecule has 0 saturated carbocycles. The Bertz CT molecular complexity index is 483. The number of hydroxylamine groups is 1. The number of rotatable bonds is 2. The molecule has 92 valence electrons. The fourth-order valence-electron chi connectivity index (χ4n) is 1.90. The van der Waals surface area contributed by atoms with Crippen molar-refractivity contribution < 1.29 is 9.86 Å². The van der Waals surface area contributed by atoms with Crippen LogP contribution >= 0.6 is 31.3 Å². The number of nitrogens with two attached hydrogens (primary N) is 2. The van der Waals surface area contributed by atoms with Crippen molar-refractivity contribution in [3.05, 3.63) is 16.8 Å². The quantitative estimate of drug-likeness (QED) is 0.185. The van der Waals surface area contributed by atoms with Crippen molar-refractivity contribution >= 4 is 57.5 Å². The molecule has 1 aliphatic rings. The van der Waals surface area contributed by atoms with Crippen molar-refractivity contribution in [3.8, 4) is 0 Å². The Morgan fingerprint density at radius 3 is 2.94 bits per heavy atom. The van der Waals surface area contributed by atoms with Crippen molar-refractivity contribution in [1.29, 1.82) is 0 Å². The number of carbonyl (C=O) groups excluding carboxylic acids is 1. The standard InChI is InChI=1S/C9H12IN4O2P/c10-9(15)4-3-5(11)6-7(8(4)17-12)14(16)2-1-13-6/h3,13-14,17H,1-2,11-12H2. The van der Waals surface area contributed by atoms with Crippen LogP contribution in [-0.2, 0) is 0 Å². The number of carbonyl (C=O) groups is 1. The molecule has 1 aromatic carbocycles. The van der Waals surface area contributed by atoms with Gasteiger partial charge in [-0.1, -0.05) is 0 Å². The molecule has 0 fully saturated rings. The van der Waals surface area contributed by atoms with E-state index in [0.717, 1.165) is 0 Å². The van der Waals surface area contributed by atoms with Gasteiger partial charge in [0.25, 0.3) is 0 Å². The highest BCUT2D eigenvalue weighted by atomic mass is 127. The Labute approximate surface area is 114 Å². The van der Waals surface area contributed by atoms with Crippen molar-refractivity contribution in [3.63, 3.8) is 0 Å². The van der Waals surface area contributed by atoms with E-state index >= 15 is 0 Å². The van der Waals surface area contributed by atoms with Crippen LogP contribution in [0.1, 0.15) is 10.4 Å². The van der Waals surface area contributed by atoms with Gasteiger partial charge in [-0.3, -0.25) is 4.79 Å². The summed E-state index contributed by atoms with van der Waals surface area (Å²) < 4.78 is -0.150. The Hall–Kier alpha value is -0.470. The van der Waals surface area contributed by atoms with E-state index in [-0.39, 0.29) is 17.6 Å². The minimum atomic E-state index is -0.150. The van der Waals surface area contributed by atoms with Crippen molar-refractivity contribution in [2.75, 3.05) is 24.1 Å². The second-order valence-corrected chi connectivity index (χ2v) is 5.42. The lowest BCUT2D eigenvalue weighted by molar-refractivity contribution is -0.774. The predicted molar refractivity (Wildman–Crippen MR) is 78.7 cm³/mol. The van der Waals surface area contributed by atoms with Gasteiger partial charge in [-0.15, -0.1) is 0 Å². The number of halogens is 1. The summed E-state index contributed by atoms with van der Waals surface area (Å²) in [4.78, 5) is 11.5. The number of nitrogen functional groups attached to an aromatic ring is 1. The molecule has 17 heavy (non-hydrogen) atoms. The highest BCUT2D eigenvalue weighted by molar-refractivity contribution is 14.1. The molecule has 6 N–H and O–H groups in total. The summed E-state index contributed by atoms with van der Waals surface area (Å²) in [5.74, 6) is 0. The van der Waals surface area contributed by atoms with Crippen LogP contribution in [0, 0.1) is 5.21 Å². The second kappa shape index (κ2) is 5.03. The van der Waals surface area contributed by atoms with Gasteiger partial charge in [0.05, 0.1) is 24.1 Å². The smallest absolute Gasteiger partial charge is 0.223 e. The molecule has 0 aliphatic carbocycles. The lowest BCUT2D eigenvalue weighted by atomic mass is 10.1. The molecule has 2 rings (SSSR count). The molecule has 0 bridgehead atoms. The van der Waals surface area contributed by atoms with Gasteiger partial charge in [0, 0.05) is 28.2 Å². The molecular formula is C9H12IN4O2P. The molecule has 0 amide bonds. The predicted octanol–water partition coefficient (Wildman–Crippen LogP) is -0.539. The van der Waals surface area contributed by atoms with Gasteiger partial charge >= 0.3 is 0 Å². The van der Waals surface area contributed by atoms with Crippen LogP contribution in [0.5, 0.6) is 0 Å². The molecule has 8 heteroatoms. The lowest BCUT2D eigenvalue weighted by Gasteiger charge is -2.32. The molecule has 6 nitrogen and oxygen atoms in total. The van der Waals surface area contributed by atoms with E-state index in [1.165, 1.54) is 0 Å². The van der Waals surface area contributed by atoms with Crippen LogP contribution < -0.4 is 26.9 Å². The largest absolute Gasteiger partial charge is 0.629 e. The maximum Gasteiger partial charge on any atom is 0.223 e. The number of fused-ring (bicyclic) bond motifs is 1. The normalized spacial score (nSPS) is 19.1. The number of hydrogen-bond acceptors (Lipinski definition) is 5. The molecular weight excluding hydrogens is 354 g/mol. The van der Waals surface area contributed by atoms with E-state index in [4.69, 9.17) is 11.2 Å². The van der Waals surface area contributed by atoms with Crippen LogP contribution in [0.15, 0.2) is 6.07 Å². The van der Waals surface area contributed by atoms with Crippen LogP contribution in [0.4, 0.5) is 17.1 Å². The van der Waals surface area contributed by atoms with Crippen LogP contribution in [0.25, 0.3) is 0 Å². The monoisotopic (exact) mass is 366 g/mol. The Morgan fingerprint density at radius 1 is 1.65 bits per heavy atom. The Balaban J connectivity index is 2.72. The molecule has 1 aromatic rings. The highest BCUT2D eigenvalue weighted by Crippen LogP contribution is 2.31. The summed E-state index contributed by atoms with van der Waals surface area (Å²) in [5, 5.41) is 15.6. The zero-order valence-electron chi connectivity index (χ0n) is 8.84. The maximum absolute atomic E-state index is 11.9. The third kappa shape index (κ3) is 2.25. The SMILES string of the molecule is NPc1c(C(=O)I)cc(N)c2c1[NH+]([O-])CCN2. The van der Waals surface area contributed by atoms with E-state index in [2.05, 4.69) is 5.32 Å².